The van der Waals surface area contributed by atoms with Gasteiger partial charge in [-0.05, 0) is 26.2 Å². The van der Waals surface area contributed by atoms with Crippen LogP contribution in [0.4, 0.5) is 4.79 Å². The molecule has 15 nitrogen and oxygen atoms in total. The van der Waals surface area contributed by atoms with Crippen LogP contribution < -0.4 is 37.9 Å². The van der Waals surface area contributed by atoms with Gasteiger partial charge in [0.1, 0.15) is 18.1 Å². The van der Waals surface area contributed by atoms with Gasteiger partial charge < -0.3 is 37.2 Å². The molecular weight excluding hydrogens is 466 g/mol. The topological polar surface area (TPSA) is 241 Å². The minimum Gasteiger partial charge on any atom is -0.394 e. The van der Waals surface area contributed by atoms with Gasteiger partial charge in [0.2, 0.25) is 17.7 Å². The van der Waals surface area contributed by atoms with Gasteiger partial charge >= 0.3 is 6.03 Å². The van der Waals surface area contributed by atoms with Crippen molar-refractivity contribution in [1.29, 1.82) is 0 Å². The molecule has 0 aromatic rings. The van der Waals surface area contributed by atoms with Crippen molar-refractivity contribution in [2.24, 2.45) is 5.73 Å². The number of hydrogen-bond acceptors (Lipinski definition) is 8. The Labute approximate surface area is 202 Å². The lowest BCUT2D eigenvalue weighted by Crippen LogP contribution is -2.60. The summed E-state index contributed by atoms with van der Waals surface area (Å²) in [4.78, 5) is 72.9. The van der Waals surface area contributed by atoms with Crippen molar-refractivity contribution in [3.05, 3.63) is 0 Å². The molecule has 1 unspecified atom stereocenters. The Morgan fingerprint density at radius 1 is 0.943 bits per heavy atom. The molecule has 1 fully saturated rings. The second-order valence-corrected chi connectivity index (χ2v) is 8.13. The smallest absolute Gasteiger partial charge is 0.316 e. The van der Waals surface area contributed by atoms with Gasteiger partial charge in [-0.15, -0.1) is 0 Å². The highest BCUT2D eigenvalue weighted by Crippen LogP contribution is 2.04. The van der Waals surface area contributed by atoms with Crippen LogP contribution in [0.1, 0.15) is 51.9 Å². The zero-order valence-corrected chi connectivity index (χ0v) is 19.6. The van der Waals surface area contributed by atoms with Crippen molar-refractivity contribution in [3.63, 3.8) is 0 Å². The number of hydrogen-bond donors (Lipinski definition) is 9. The average Bonchev–Trinajstić information content (AvgIpc) is 2.80. The van der Waals surface area contributed by atoms with Crippen LogP contribution >= 0.6 is 0 Å². The lowest BCUT2D eigenvalue weighted by Gasteiger charge is -2.23. The highest BCUT2D eigenvalue weighted by molar-refractivity contribution is 5.93. The molecule has 0 saturated carbocycles. The van der Waals surface area contributed by atoms with Crippen molar-refractivity contribution < 1.29 is 39.0 Å². The van der Waals surface area contributed by atoms with Gasteiger partial charge in [0.15, 0.2) is 0 Å². The van der Waals surface area contributed by atoms with Gasteiger partial charge in [-0.2, -0.15) is 0 Å². The molecule has 1 saturated heterocycles. The number of hydrazine groups is 1. The number of aliphatic hydroxyl groups is 2. The van der Waals surface area contributed by atoms with Crippen molar-refractivity contribution in [1.82, 2.24) is 32.1 Å². The van der Waals surface area contributed by atoms with E-state index in [2.05, 4.69) is 32.1 Å². The maximum absolute atomic E-state index is 12.6. The van der Waals surface area contributed by atoms with E-state index in [1.165, 1.54) is 6.92 Å². The molecule has 0 aliphatic carbocycles. The Kier molecular flexibility index (Phi) is 13.0. The normalized spacial score (nSPS) is 25.0. The molecule has 10 N–H and O–H groups in total. The molecule has 35 heavy (non-hydrogen) atoms. The van der Waals surface area contributed by atoms with E-state index >= 15 is 0 Å². The third-order valence-electron chi connectivity index (χ3n) is 5.13. The van der Waals surface area contributed by atoms with E-state index in [9.17, 15) is 39.0 Å². The predicted molar refractivity (Wildman–Crippen MR) is 121 cm³/mol. The van der Waals surface area contributed by atoms with Gasteiger partial charge in [-0.1, -0.05) is 12.8 Å². The van der Waals surface area contributed by atoms with Crippen molar-refractivity contribution in [2.75, 3.05) is 13.2 Å². The summed E-state index contributed by atoms with van der Waals surface area (Å²) in [5, 5.41) is 28.8. The summed E-state index contributed by atoms with van der Waals surface area (Å²) in [6, 6.07) is -5.00. The molecule has 0 bridgehead atoms. The van der Waals surface area contributed by atoms with E-state index in [0.717, 1.165) is 0 Å². The summed E-state index contributed by atoms with van der Waals surface area (Å²) >= 11 is 0. The van der Waals surface area contributed by atoms with Crippen LogP contribution in [0, 0.1) is 0 Å². The quantitative estimate of drug-likeness (QED) is 0.182. The second-order valence-electron chi connectivity index (χ2n) is 8.13. The Balaban J connectivity index is 3.01. The molecule has 1 aliphatic rings. The van der Waals surface area contributed by atoms with Crippen LogP contribution in [0.3, 0.4) is 0 Å². The average molecular weight is 502 g/mol. The summed E-state index contributed by atoms with van der Waals surface area (Å²) in [5.74, 6) is -3.70. The molecule has 0 spiro atoms. The minimum atomic E-state index is -1.37. The Morgan fingerprint density at radius 3 is 2.20 bits per heavy atom. The van der Waals surface area contributed by atoms with Crippen molar-refractivity contribution >= 4 is 35.6 Å². The first-order valence-corrected chi connectivity index (χ1v) is 11.4. The summed E-state index contributed by atoms with van der Waals surface area (Å²) in [6.45, 7) is 0.861. The fourth-order valence-corrected chi connectivity index (χ4v) is 3.15. The molecule has 0 radical (unpaired) electrons. The monoisotopic (exact) mass is 501 g/mol. The molecule has 1 aliphatic heterocycles. The first-order chi connectivity index (χ1) is 16.5. The predicted octanol–water partition coefficient (Wildman–Crippen LogP) is -3.63. The van der Waals surface area contributed by atoms with Gasteiger partial charge in [0.25, 0.3) is 11.8 Å². The first kappa shape index (κ1) is 29.6. The van der Waals surface area contributed by atoms with Gasteiger partial charge in [-0.25, -0.2) is 4.79 Å². The van der Waals surface area contributed by atoms with Crippen LogP contribution in [0.25, 0.3) is 0 Å². The molecule has 198 valence electrons. The number of nitrogens with one attached hydrogen (secondary N) is 6. The minimum absolute atomic E-state index is 0.104. The zero-order valence-electron chi connectivity index (χ0n) is 19.6. The van der Waals surface area contributed by atoms with Crippen LogP contribution in [-0.4, -0.2) is 83.2 Å². The second kappa shape index (κ2) is 15.4. The SMILES string of the molecule is CC(O)[C@H]1NC(=O)CCCCCCNC(=O)[C@@H](CO)NC(=O)N[C@H](CCC(N)=O)C(=O)NNC1=O. The standard InChI is InChI=1S/C20H35N7O8/c1-11(29)16-19(34)27-26-18(33)12(7-8-14(21)30)23-20(35)24-13(10-28)17(32)22-9-5-3-2-4-6-15(31)25-16/h11-13,16,28-29H,2-10H2,1H3,(H2,21,30)(H,22,32)(H,25,31)(H,26,33)(H,27,34)(H2,23,24,35)/t11?,12-,13-,16-/m1/s1. The maximum atomic E-state index is 12.6. The molecule has 15 heteroatoms. The number of nitrogens with two attached hydrogens (primary N) is 1. The third kappa shape index (κ3) is 11.5. The highest BCUT2D eigenvalue weighted by atomic mass is 16.3. The summed E-state index contributed by atoms with van der Waals surface area (Å²) in [6.07, 6.45) is 0.758. The molecule has 4 atom stereocenters. The zero-order chi connectivity index (χ0) is 26.4. The van der Waals surface area contributed by atoms with E-state index < -0.39 is 66.4 Å². The van der Waals surface area contributed by atoms with E-state index in [1.54, 1.807) is 0 Å². The van der Waals surface area contributed by atoms with Crippen LogP contribution in [0.5, 0.6) is 0 Å². The molecule has 0 aromatic carbocycles. The summed E-state index contributed by atoms with van der Waals surface area (Å²) in [7, 11) is 0. The van der Waals surface area contributed by atoms with Crippen LogP contribution in [0.2, 0.25) is 0 Å². The number of carbonyl (C=O) groups excluding carboxylic acids is 6. The largest absolute Gasteiger partial charge is 0.394 e. The molecule has 1 rings (SSSR count). The van der Waals surface area contributed by atoms with Crippen molar-refractivity contribution in [3.8, 4) is 0 Å². The van der Waals surface area contributed by atoms with E-state index in [-0.39, 0.29) is 25.8 Å². The van der Waals surface area contributed by atoms with Gasteiger partial charge in [0, 0.05) is 19.4 Å². The molecule has 0 aromatic heterocycles. The van der Waals surface area contributed by atoms with Gasteiger partial charge in [-0.3, -0.25) is 34.8 Å². The first-order valence-electron chi connectivity index (χ1n) is 11.4. The summed E-state index contributed by atoms with van der Waals surface area (Å²) in [5.41, 5.74) is 9.23. The Hall–Kier alpha value is -3.46. The van der Waals surface area contributed by atoms with E-state index in [4.69, 9.17) is 5.73 Å². The highest BCUT2D eigenvalue weighted by Gasteiger charge is 2.28. The van der Waals surface area contributed by atoms with Crippen LogP contribution in [-0.2, 0) is 24.0 Å². The number of primary amides is 1. The fraction of sp³-hybridized carbons (Fsp3) is 0.700. The molecule has 7 amide bonds. The summed E-state index contributed by atoms with van der Waals surface area (Å²) < 4.78 is 0. The Morgan fingerprint density at radius 2 is 1.57 bits per heavy atom. The lowest BCUT2D eigenvalue weighted by atomic mass is 10.1. The maximum Gasteiger partial charge on any atom is 0.316 e. The van der Waals surface area contributed by atoms with E-state index in [1.807, 2.05) is 0 Å². The number of carbonyl (C=O) groups is 6. The molecule has 1 heterocycles. The fourth-order valence-electron chi connectivity index (χ4n) is 3.15. The number of rotatable bonds is 5. The lowest BCUT2D eigenvalue weighted by molar-refractivity contribution is -0.135. The number of urea groups is 1. The Bertz CT molecular complexity index is 777. The number of amides is 7. The molecular formula is C20H35N7O8. The van der Waals surface area contributed by atoms with Crippen molar-refractivity contribution in [2.45, 2.75) is 76.1 Å². The van der Waals surface area contributed by atoms with Crippen LogP contribution in [0.15, 0.2) is 0 Å². The van der Waals surface area contributed by atoms with Gasteiger partial charge in [0.05, 0.1) is 12.7 Å². The van der Waals surface area contributed by atoms with E-state index in [0.29, 0.717) is 25.7 Å². The number of aliphatic hydroxyl groups excluding tert-OH is 2. The third-order valence-corrected chi connectivity index (χ3v) is 5.13.